The van der Waals surface area contributed by atoms with Crippen molar-refractivity contribution in [3.8, 4) is 5.75 Å². The Bertz CT molecular complexity index is 898. The molecule has 3 rings (SSSR count). The van der Waals surface area contributed by atoms with Crippen molar-refractivity contribution in [1.29, 1.82) is 0 Å². The number of hydrogen-bond acceptors (Lipinski definition) is 4. The first-order valence-corrected chi connectivity index (χ1v) is 7.37. The molecule has 0 saturated carbocycles. The quantitative estimate of drug-likeness (QED) is 0.707. The minimum absolute atomic E-state index is 0.274. The van der Waals surface area contributed by atoms with E-state index in [-0.39, 0.29) is 5.89 Å². The number of benzene rings is 2. The molecule has 0 unspecified atom stereocenters. The Morgan fingerprint density at radius 2 is 1.91 bits per heavy atom. The van der Waals surface area contributed by atoms with Gasteiger partial charge in [-0.3, -0.25) is 0 Å². The van der Waals surface area contributed by atoms with E-state index >= 15 is 0 Å². The highest BCUT2D eigenvalue weighted by Crippen LogP contribution is 2.17. The maximum Gasteiger partial charge on any atom is 0.347 e. The maximum atomic E-state index is 12.0. The molecule has 0 aliphatic heterocycles. The van der Waals surface area contributed by atoms with E-state index in [1.165, 1.54) is 0 Å². The van der Waals surface area contributed by atoms with Crippen LogP contribution in [-0.2, 0) is 0 Å². The second kappa shape index (κ2) is 6.15. The molecular formula is C17H12BrNO3. The predicted octanol–water partition coefficient (Wildman–Crippen LogP) is 4.13. The fraction of sp³-hybridized carbons (Fsp3) is 0.0588. The SMILES string of the molecule is COc1ccc(/C=C/c2nc3ccc(Br)cc3c(=O)o2)cc1. The van der Waals surface area contributed by atoms with Crippen LogP contribution in [0.4, 0.5) is 0 Å². The first-order chi connectivity index (χ1) is 10.7. The highest BCUT2D eigenvalue weighted by Gasteiger charge is 2.04. The fourth-order valence-corrected chi connectivity index (χ4v) is 2.38. The van der Waals surface area contributed by atoms with E-state index in [9.17, 15) is 4.79 Å². The lowest BCUT2D eigenvalue weighted by Gasteiger charge is -2.00. The van der Waals surface area contributed by atoms with Crippen LogP contribution >= 0.6 is 15.9 Å². The number of ether oxygens (including phenoxy) is 1. The molecule has 3 aromatic rings. The molecule has 4 nitrogen and oxygen atoms in total. The smallest absolute Gasteiger partial charge is 0.347 e. The topological polar surface area (TPSA) is 52.3 Å². The van der Waals surface area contributed by atoms with Gasteiger partial charge in [0, 0.05) is 10.5 Å². The zero-order chi connectivity index (χ0) is 15.5. The Hall–Kier alpha value is -2.40. The van der Waals surface area contributed by atoms with Crippen molar-refractivity contribution in [3.05, 3.63) is 68.8 Å². The van der Waals surface area contributed by atoms with Gasteiger partial charge in [0.15, 0.2) is 0 Å². The van der Waals surface area contributed by atoms with Crippen LogP contribution < -0.4 is 10.4 Å². The Morgan fingerprint density at radius 3 is 2.64 bits per heavy atom. The van der Waals surface area contributed by atoms with Crippen LogP contribution in [0.5, 0.6) is 5.75 Å². The third kappa shape index (κ3) is 3.09. The Morgan fingerprint density at radius 1 is 1.14 bits per heavy atom. The zero-order valence-electron chi connectivity index (χ0n) is 11.7. The van der Waals surface area contributed by atoms with Crippen LogP contribution in [0.2, 0.25) is 0 Å². The van der Waals surface area contributed by atoms with E-state index in [1.807, 2.05) is 36.4 Å². The molecule has 0 bridgehead atoms. The molecule has 0 aliphatic carbocycles. The zero-order valence-corrected chi connectivity index (χ0v) is 13.3. The van der Waals surface area contributed by atoms with Crippen LogP contribution in [0.15, 0.2) is 56.1 Å². The van der Waals surface area contributed by atoms with Gasteiger partial charge in [0.2, 0.25) is 5.89 Å². The number of fused-ring (bicyclic) bond motifs is 1. The summed E-state index contributed by atoms with van der Waals surface area (Å²) in [7, 11) is 1.62. The molecule has 22 heavy (non-hydrogen) atoms. The molecule has 5 heteroatoms. The summed E-state index contributed by atoms with van der Waals surface area (Å²) in [5.74, 6) is 1.06. The third-order valence-electron chi connectivity index (χ3n) is 3.14. The number of hydrogen-bond donors (Lipinski definition) is 0. The van der Waals surface area contributed by atoms with Gasteiger partial charge in [0.25, 0.3) is 0 Å². The fourth-order valence-electron chi connectivity index (χ4n) is 2.01. The van der Waals surface area contributed by atoms with Crippen LogP contribution in [-0.4, -0.2) is 12.1 Å². The normalized spacial score (nSPS) is 11.2. The molecule has 0 amide bonds. The van der Waals surface area contributed by atoms with E-state index in [2.05, 4.69) is 20.9 Å². The van der Waals surface area contributed by atoms with Crippen molar-refractivity contribution in [2.45, 2.75) is 0 Å². The van der Waals surface area contributed by atoms with Crippen molar-refractivity contribution in [1.82, 2.24) is 4.98 Å². The van der Waals surface area contributed by atoms with Crippen molar-refractivity contribution in [3.63, 3.8) is 0 Å². The molecule has 0 fully saturated rings. The molecule has 0 saturated heterocycles. The molecule has 0 atom stereocenters. The maximum absolute atomic E-state index is 12.0. The molecule has 110 valence electrons. The van der Waals surface area contributed by atoms with E-state index in [4.69, 9.17) is 9.15 Å². The van der Waals surface area contributed by atoms with Crippen LogP contribution in [0.3, 0.4) is 0 Å². The summed E-state index contributed by atoms with van der Waals surface area (Å²) >= 11 is 3.33. The third-order valence-corrected chi connectivity index (χ3v) is 3.63. The second-order valence-electron chi connectivity index (χ2n) is 4.61. The summed E-state index contributed by atoms with van der Waals surface area (Å²) < 4.78 is 11.1. The minimum Gasteiger partial charge on any atom is -0.497 e. The summed E-state index contributed by atoms with van der Waals surface area (Å²) in [6.07, 6.45) is 3.50. The lowest BCUT2D eigenvalue weighted by Crippen LogP contribution is -2.02. The lowest BCUT2D eigenvalue weighted by molar-refractivity contribution is 0.415. The van der Waals surface area contributed by atoms with Gasteiger partial charge in [0.1, 0.15) is 5.75 Å². The standard InChI is InChI=1S/C17H12BrNO3/c1-21-13-6-2-11(3-7-13)4-9-16-19-15-8-5-12(18)10-14(15)17(20)22-16/h2-10H,1H3/b9-4+. The van der Waals surface area contributed by atoms with Crippen LogP contribution in [0, 0.1) is 0 Å². The number of methoxy groups -OCH3 is 1. The average Bonchev–Trinajstić information content (AvgIpc) is 2.54. The van der Waals surface area contributed by atoms with Crippen molar-refractivity contribution in [2.24, 2.45) is 0 Å². The molecule has 0 N–H and O–H groups in total. The van der Waals surface area contributed by atoms with Crippen molar-refractivity contribution in [2.75, 3.05) is 7.11 Å². The van der Waals surface area contributed by atoms with Gasteiger partial charge in [-0.25, -0.2) is 9.78 Å². The Balaban J connectivity index is 1.94. The first kappa shape index (κ1) is 14.5. The largest absolute Gasteiger partial charge is 0.497 e. The van der Waals surface area contributed by atoms with E-state index in [1.54, 1.807) is 25.3 Å². The van der Waals surface area contributed by atoms with Gasteiger partial charge in [-0.1, -0.05) is 28.1 Å². The Kier molecular flexibility index (Phi) is 4.06. The lowest BCUT2D eigenvalue weighted by atomic mass is 10.2. The Labute approximate surface area is 135 Å². The summed E-state index contributed by atoms with van der Waals surface area (Å²) in [6, 6.07) is 12.9. The van der Waals surface area contributed by atoms with Crippen molar-refractivity contribution >= 4 is 39.0 Å². The number of halogens is 1. The number of aromatic nitrogens is 1. The summed E-state index contributed by atoms with van der Waals surface area (Å²) in [5.41, 5.74) is 1.16. The van der Waals surface area contributed by atoms with Crippen molar-refractivity contribution < 1.29 is 9.15 Å². The molecule has 2 aromatic carbocycles. The highest BCUT2D eigenvalue weighted by molar-refractivity contribution is 9.10. The van der Waals surface area contributed by atoms with Crippen LogP contribution in [0.25, 0.3) is 23.1 Å². The van der Waals surface area contributed by atoms with E-state index in [0.717, 1.165) is 15.8 Å². The monoisotopic (exact) mass is 357 g/mol. The first-order valence-electron chi connectivity index (χ1n) is 6.58. The molecule has 0 spiro atoms. The van der Waals surface area contributed by atoms with Gasteiger partial charge in [0.05, 0.1) is 18.0 Å². The molecule has 0 radical (unpaired) electrons. The van der Waals surface area contributed by atoms with E-state index in [0.29, 0.717) is 10.9 Å². The molecule has 0 aliphatic rings. The van der Waals surface area contributed by atoms with Gasteiger partial charge < -0.3 is 9.15 Å². The van der Waals surface area contributed by atoms with Gasteiger partial charge in [-0.15, -0.1) is 0 Å². The van der Waals surface area contributed by atoms with Crippen LogP contribution in [0.1, 0.15) is 11.5 Å². The predicted molar refractivity (Wildman–Crippen MR) is 89.9 cm³/mol. The number of rotatable bonds is 3. The summed E-state index contributed by atoms with van der Waals surface area (Å²) in [5, 5.41) is 0.455. The average molecular weight is 358 g/mol. The molecule has 1 heterocycles. The summed E-state index contributed by atoms with van der Waals surface area (Å²) in [4.78, 5) is 16.3. The summed E-state index contributed by atoms with van der Waals surface area (Å²) in [6.45, 7) is 0. The van der Waals surface area contributed by atoms with Gasteiger partial charge >= 0.3 is 5.63 Å². The minimum atomic E-state index is -0.402. The van der Waals surface area contributed by atoms with E-state index < -0.39 is 5.63 Å². The molecular weight excluding hydrogens is 346 g/mol. The second-order valence-corrected chi connectivity index (χ2v) is 5.52. The van der Waals surface area contributed by atoms with Gasteiger partial charge in [-0.05, 0) is 42.0 Å². The molecule has 1 aromatic heterocycles. The number of nitrogens with zero attached hydrogens (tertiary/aromatic N) is 1. The highest BCUT2D eigenvalue weighted by atomic mass is 79.9. The van der Waals surface area contributed by atoms with Gasteiger partial charge in [-0.2, -0.15) is 0 Å².